The van der Waals surface area contributed by atoms with Crippen LogP contribution in [0, 0.1) is 11.7 Å². The number of rotatable bonds is 6. The molecule has 0 N–H and O–H groups in total. The molecule has 30 heavy (non-hydrogen) atoms. The van der Waals surface area contributed by atoms with E-state index in [1.54, 1.807) is 15.7 Å². The van der Waals surface area contributed by atoms with Crippen LogP contribution in [0.15, 0.2) is 35.6 Å². The first-order valence-electron chi connectivity index (χ1n) is 9.35. The molecule has 8 nitrogen and oxygen atoms in total. The predicted octanol–water partition coefficient (Wildman–Crippen LogP) is 2.30. The summed E-state index contributed by atoms with van der Waals surface area (Å²) in [6.45, 7) is 0.394. The van der Waals surface area contributed by atoms with Crippen molar-refractivity contribution in [2.45, 2.75) is 18.0 Å². The zero-order chi connectivity index (χ0) is 21.7. The lowest BCUT2D eigenvalue weighted by Crippen LogP contribution is -2.42. The van der Waals surface area contributed by atoms with Crippen molar-refractivity contribution in [3.05, 3.63) is 42.0 Å². The second-order valence-electron chi connectivity index (χ2n) is 6.70. The molecular formula is C20H22FN3O5S. The molecule has 0 radical (unpaired) electrons. The lowest BCUT2D eigenvalue weighted by atomic mass is 9.97. The lowest BCUT2D eigenvalue weighted by molar-refractivity contribution is -0.149. The number of piperidine rings is 1. The Morgan fingerprint density at radius 2 is 1.87 bits per heavy atom. The summed E-state index contributed by atoms with van der Waals surface area (Å²) >= 11 is 1.32. The number of imidazole rings is 1. The van der Waals surface area contributed by atoms with Crippen LogP contribution < -0.4 is 0 Å². The molecule has 3 rings (SSSR count). The van der Waals surface area contributed by atoms with Crippen LogP contribution in [-0.2, 0) is 19.1 Å². The highest BCUT2D eigenvalue weighted by Crippen LogP contribution is 2.23. The number of methoxy groups -OCH3 is 1. The Labute approximate surface area is 177 Å². The average Bonchev–Trinajstić information content (AvgIpc) is 3.21. The van der Waals surface area contributed by atoms with Gasteiger partial charge in [-0.15, -0.1) is 0 Å². The Hall–Kier alpha value is -2.88. The molecule has 1 aliphatic rings. The normalized spacial score (nSPS) is 14.4. The lowest BCUT2D eigenvalue weighted by Gasteiger charge is -2.30. The molecule has 0 saturated carbocycles. The average molecular weight is 435 g/mol. The molecule has 0 spiro atoms. The minimum Gasteiger partial charge on any atom is -0.469 e. The van der Waals surface area contributed by atoms with Gasteiger partial charge in [0.05, 0.1) is 19.2 Å². The summed E-state index contributed by atoms with van der Waals surface area (Å²) in [5, 5.41) is 0.532. The predicted molar refractivity (Wildman–Crippen MR) is 107 cm³/mol. The van der Waals surface area contributed by atoms with Gasteiger partial charge in [0.25, 0.3) is 5.91 Å². The summed E-state index contributed by atoms with van der Waals surface area (Å²) in [7, 11) is 1.35. The van der Waals surface area contributed by atoms with Gasteiger partial charge >= 0.3 is 11.9 Å². The van der Waals surface area contributed by atoms with Gasteiger partial charge in [0.15, 0.2) is 17.5 Å². The molecule has 0 bridgehead atoms. The summed E-state index contributed by atoms with van der Waals surface area (Å²) in [6, 6.07) is 5.64. The van der Waals surface area contributed by atoms with E-state index in [1.807, 2.05) is 0 Å². The molecule has 1 aromatic carbocycles. The molecule has 0 unspecified atom stereocenters. The number of thioether (sulfide) groups is 1. The maximum Gasteiger partial charge on any atom is 0.357 e. The van der Waals surface area contributed by atoms with E-state index in [2.05, 4.69) is 4.98 Å². The second kappa shape index (κ2) is 9.75. The number of hydrogen-bond acceptors (Lipinski definition) is 7. The van der Waals surface area contributed by atoms with Crippen LogP contribution in [0.3, 0.4) is 0 Å². The summed E-state index contributed by atoms with van der Waals surface area (Å²) in [5.74, 6) is -1.91. The molecule has 2 aromatic rings. The molecule has 1 aliphatic heterocycles. The van der Waals surface area contributed by atoms with Gasteiger partial charge in [-0.1, -0.05) is 11.8 Å². The first-order valence-corrected chi connectivity index (χ1v) is 10.6. The van der Waals surface area contributed by atoms with Crippen LogP contribution in [-0.4, -0.2) is 65.4 Å². The quantitative estimate of drug-likeness (QED) is 0.508. The van der Waals surface area contributed by atoms with Crippen LogP contribution in [0.2, 0.25) is 0 Å². The van der Waals surface area contributed by atoms with Crippen molar-refractivity contribution in [2.24, 2.45) is 5.92 Å². The molecule has 1 amide bonds. The number of amides is 1. The largest absolute Gasteiger partial charge is 0.469 e. The van der Waals surface area contributed by atoms with E-state index in [4.69, 9.17) is 9.47 Å². The van der Waals surface area contributed by atoms with Gasteiger partial charge in [0.2, 0.25) is 0 Å². The molecule has 1 fully saturated rings. The Kier molecular flexibility index (Phi) is 7.09. The molecule has 1 aromatic heterocycles. The Morgan fingerprint density at radius 1 is 1.20 bits per heavy atom. The number of hydrogen-bond donors (Lipinski definition) is 0. The van der Waals surface area contributed by atoms with Crippen molar-refractivity contribution in [1.29, 1.82) is 0 Å². The van der Waals surface area contributed by atoms with E-state index in [0.717, 1.165) is 0 Å². The van der Waals surface area contributed by atoms with Crippen molar-refractivity contribution < 1.29 is 28.2 Å². The second-order valence-corrected chi connectivity index (χ2v) is 7.47. The van der Waals surface area contributed by atoms with Gasteiger partial charge in [-0.2, -0.15) is 0 Å². The third-order valence-electron chi connectivity index (χ3n) is 4.91. The molecular weight excluding hydrogens is 413 g/mol. The molecule has 10 heteroatoms. The highest BCUT2D eigenvalue weighted by atomic mass is 32.2. The molecule has 160 valence electrons. The summed E-state index contributed by atoms with van der Waals surface area (Å²) in [6.07, 6.45) is 4.20. The zero-order valence-corrected chi connectivity index (χ0v) is 17.5. The highest BCUT2D eigenvalue weighted by Gasteiger charge is 2.28. The molecule has 2 heterocycles. The van der Waals surface area contributed by atoms with Gasteiger partial charge in [-0.25, -0.2) is 14.2 Å². The number of likely N-dealkylation sites (tertiary alicyclic amines) is 1. The molecule has 0 aliphatic carbocycles. The minimum atomic E-state index is -0.704. The van der Waals surface area contributed by atoms with E-state index in [-0.39, 0.29) is 23.5 Å². The maximum atomic E-state index is 13.3. The van der Waals surface area contributed by atoms with Gasteiger partial charge in [-0.3, -0.25) is 14.2 Å². The van der Waals surface area contributed by atoms with Gasteiger partial charge in [-0.05, 0) is 43.4 Å². The Morgan fingerprint density at radius 3 is 2.47 bits per heavy atom. The van der Waals surface area contributed by atoms with Crippen molar-refractivity contribution in [3.8, 4) is 5.69 Å². The summed E-state index contributed by atoms with van der Waals surface area (Å²) in [5.41, 5.74) is 0.699. The number of ether oxygens (including phenoxy) is 2. The monoisotopic (exact) mass is 435 g/mol. The standard InChI is InChI=1S/C20H22FN3O5S/c1-28-18(26)13-7-9-23(10-8-13)17(25)12-29-19(27)16-11-22-20(30-2)24(16)15-5-3-14(21)4-6-15/h3-6,11,13H,7-10,12H2,1-2H3. The van der Waals surface area contributed by atoms with E-state index in [0.29, 0.717) is 36.8 Å². The fourth-order valence-corrected chi connectivity index (χ4v) is 3.83. The summed E-state index contributed by atoms with van der Waals surface area (Å²) < 4.78 is 24.8. The van der Waals surface area contributed by atoms with Crippen LogP contribution in [0.25, 0.3) is 5.69 Å². The SMILES string of the molecule is COC(=O)C1CCN(C(=O)COC(=O)c2cnc(SC)n2-c2ccc(F)cc2)CC1. The van der Waals surface area contributed by atoms with E-state index < -0.39 is 18.4 Å². The molecule has 0 atom stereocenters. The van der Waals surface area contributed by atoms with Crippen molar-refractivity contribution >= 4 is 29.6 Å². The number of nitrogens with zero attached hydrogens (tertiary/aromatic N) is 3. The third-order valence-corrected chi connectivity index (χ3v) is 5.57. The van der Waals surface area contributed by atoms with Crippen LogP contribution in [0.4, 0.5) is 4.39 Å². The molecule has 1 saturated heterocycles. The highest BCUT2D eigenvalue weighted by molar-refractivity contribution is 7.98. The van der Waals surface area contributed by atoms with Crippen molar-refractivity contribution in [2.75, 3.05) is 33.1 Å². The van der Waals surface area contributed by atoms with Gasteiger partial charge < -0.3 is 14.4 Å². The number of carbonyl (C=O) groups is 3. The Bertz CT molecular complexity index is 923. The first kappa shape index (κ1) is 21.8. The number of carbonyl (C=O) groups excluding carboxylic acids is 3. The topological polar surface area (TPSA) is 90.7 Å². The van der Waals surface area contributed by atoms with E-state index in [1.165, 1.54) is 49.3 Å². The van der Waals surface area contributed by atoms with Gasteiger partial charge in [0, 0.05) is 18.8 Å². The van der Waals surface area contributed by atoms with Crippen LogP contribution in [0.1, 0.15) is 23.3 Å². The number of benzene rings is 1. The van der Waals surface area contributed by atoms with Crippen LogP contribution in [0.5, 0.6) is 0 Å². The maximum absolute atomic E-state index is 13.3. The van der Waals surface area contributed by atoms with E-state index in [9.17, 15) is 18.8 Å². The van der Waals surface area contributed by atoms with Crippen molar-refractivity contribution in [3.63, 3.8) is 0 Å². The number of aromatic nitrogens is 2. The number of halogens is 1. The van der Waals surface area contributed by atoms with Crippen LogP contribution >= 0.6 is 11.8 Å². The zero-order valence-electron chi connectivity index (χ0n) is 16.7. The third kappa shape index (κ3) is 4.81. The van der Waals surface area contributed by atoms with Gasteiger partial charge in [0.1, 0.15) is 5.82 Å². The fraction of sp³-hybridized carbons (Fsp3) is 0.400. The minimum absolute atomic E-state index is 0.142. The fourth-order valence-electron chi connectivity index (χ4n) is 3.29. The Balaban J connectivity index is 1.63. The smallest absolute Gasteiger partial charge is 0.357 e. The van der Waals surface area contributed by atoms with Crippen molar-refractivity contribution in [1.82, 2.24) is 14.5 Å². The number of esters is 2. The first-order chi connectivity index (χ1) is 14.4. The summed E-state index contributed by atoms with van der Waals surface area (Å²) in [4.78, 5) is 42.3. The van der Waals surface area contributed by atoms with E-state index >= 15 is 0 Å².